The standard InChI is InChI=1S/C9H20NO3S/c1-7(13-5)9-8(10(2,3)4)6-14(9,11)12/h7-9H,6H2,1-5H3/q+1/t7-,8+,9+/m1/s1. The molecule has 0 unspecified atom stereocenters. The molecular formula is C9H20NO3S+. The van der Waals surface area contributed by atoms with Crippen molar-refractivity contribution in [3.63, 3.8) is 0 Å². The number of sulfone groups is 1. The second kappa shape index (κ2) is 3.47. The maximum absolute atomic E-state index is 11.6. The second-order valence-corrected chi connectivity index (χ2v) is 7.12. The van der Waals surface area contributed by atoms with Crippen LogP contribution in [0.5, 0.6) is 0 Å². The van der Waals surface area contributed by atoms with E-state index in [4.69, 9.17) is 4.74 Å². The van der Waals surface area contributed by atoms with Crippen LogP contribution in [-0.4, -0.2) is 64.3 Å². The molecule has 1 rings (SSSR count). The van der Waals surface area contributed by atoms with Crippen LogP contribution in [0.3, 0.4) is 0 Å². The van der Waals surface area contributed by atoms with Gasteiger partial charge in [-0.1, -0.05) is 0 Å². The predicted molar refractivity (Wildman–Crippen MR) is 55.9 cm³/mol. The van der Waals surface area contributed by atoms with E-state index in [0.717, 1.165) is 0 Å². The van der Waals surface area contributed by atoms with Gasteiger partial charge in [0.1, 0.15) is 17.0 Å². The highest BCUT2D eigenvalue weighted by atomic mass is 32.2. The van der Waals surface area contributed by atoms with Crippen LogP contribution in [0, 0.1) is 0 Å². The third-order valence-electron chi connectivity index (χ3n) is 3.03. The van der Waals surface area contributed by atoms with E-state index < -0.39 is 9.84 Å². The van der Waals surface area contributed by atoms with Crippen molar-refractivity contribution in [2.75, 3.05) is 34.0 Å². The topological polar surface area (TPSA) is 43.4 Å². The Hall–Kier alpha value is -0.130. The molecule has 0 amide bonds. The number of methoxy groups -OCH3 is 1. The molecule has 0 aromatic heterocycles. The van der Waals surface area contributed by atoms with E-state index in [0.29, 0.717) is 4.48 Å². The molecule has 84 valence electrons. The maximum Gasteiger partial charge on any atom is 0.167 e. The fourth-order valence-corrected chi connectivity index (χ4v) is 4.59. The van der Waals surface area contributed by atoms with Gasteiger partial charge >= 0.3 is 0 Å². The molecule has 1 fully saturated rings. The SMILES string of the molecule is CO[C@H](C)[C@H]1[C@@H]([N+](C)(C)C)CS1(=O)=O. The van der Waals surface area contributed by atoms with Crippen LogP contribution in [0.4, 0.5) is 0 Å². The molecule has 0 aromatic rings. The maximum atomic E-state index is 11.6. The van der Waals surface area contributed by atoms with Crippen molar-refractivity contribution in [1.82, 2.24) is 0 Å². The van der Waals surface area contributed by atoms with E-state index in [1.54, 1.807) is 7.11 Å². The fourth-order valence-electron chi connectivity index (χ4n) is 1.96. The summed E-state index contributed by atoms with van der Waals surface area (Å²) in [5.41, 5.74) is 0. The predicted octanol–water partition coefficient (Wildman–Crippen LogP) is -0.107. The zero-order valence-corrected chi connectivity index (χ0v) is 10.3. The Balaban J connectivity index is 2.87. The summed E-state index contributed by atoms with van der Waals surface area (Å²) < 4.78 is 29.0. The van der Waals surface area contributed by atoms with Gasteiger partial charge in [-0.25, -0.2) is 8.42 Å². The van der Waals surface area contributed by atoms with Gasteiger partial charge in [0.15, 0.2) is 9.84 Å². The zero-order valence-electron chi connectivity index (χ0n) is 9.52. The Bertz CT molecular complexity index is 305. The lowest BCUT2D eigenvalue weighted by Crippen LogP contribution is -2.68. The Labute approximate surface area is 86.4 Å². The average Bonchev–Trinajstić information content (AvgIpc) is 1.98. The Morgan fingerprint density at radius 2 is 1.86 bits per heavy atom. The van der Waals surface area contributed by atoms with E-state index in [1.807, 2.05) is 28.1 Å². The summed E-state index contributed by atoms with van der Waals surface area (Å²) in [5, 5.41) is -0.340. The number of quaternary nitrogens is 1. The number of nitrogens with zero attached hydrogens (tertiary/aromatic N) is 1. The second-order valence-electron chi connectivity index (χ2n) is 4.92. The van der Waals surface area contributed by atoms with Crippen LogP contribution in [0.1, 0.15) is 6.92 Å². The summed E-state index contributed by atoms with van der Waals surface area (Å²) >= 11 is 0. The summed E-state index contributed by atoms with van der Waals surface area (Å²) in [4.78, 5) is 0. The Morgan fingerprint density at radius 1 is 1.36 bits per heavy atom. The third-order valence-corrected chi connectivity index (χ3v) is 5.36. The molecule has 0 aliphatic carbocycles. The molecule has 0 aromatic carbocycles. The normalized spacial score (nSPS) is 33.5. The lowest BCUT2D eigenvalue weighted by atomic mass is 10.1. The molecule has 1 saturated heterocycles. The Morgan fingerprint density at radius 3 is 2.14 bits per heavy atom. The van der Waals surface area contributed by atoms with E-state index in [-0.39, 0.29) is 23.1 Å². The van der Waals surface area contributed by atoms with Crippen molar-refractivity contribution in [3.05, 3.63) is 0 Å². The first kappa shape index (κ1) is 11.9. The van der Waals surface area contributed by atoms with Crippen LogP contribution >= 0.6 is 0 Å². The fraction of sp³-hybridized carbons (Fsp3) is 1.00. The highest BCUT2D eigenvalue weighted by molar-refractivity contribution is 7.93. The van der Waals surface area contributed by atoms with Crippen LogP contribution in [0.2, 0.25) is 0 Å². The lowest BCUT2D eigenvalue weighted by molar-refractivity contribution is -0.895. The molecule has 1 aliphatic heterocycles. The summed E-state index contributed by atoms with van der Waals surface area (Å²) in [6.45, 7) is 1.82. The van der Waals surface area contributed by atoms with Crippen molar-refractivity contribution in [3.8, 4) is 0 Å². The van der Waals surface area contributed by atoms with Crippen molar-refractivity contribution in [2.45, 2.75) is 24.3 Å². The van der Waals surface area contributed by atoms with E-state index in [1.165, 1.54) is 0 Å². The highest BCUT2D eigenvalue weighted by Crippen LogP contribution is 2.31. The lowest BCUT2D eigenvalue weighted by Gasteiger charge is -2.46. The minimum atomic E-state index is -2.91. The molecule has 1 aliphatic rings. The minimum Gasteiger partial charge on any atom is -0.380 e. The van der Waals surface area contributed by atoms with E-state index in [2.05, 4.69) is 0 Å². The molecule has 5 heteroatoms. The van der Waals surface area contributed by atoms with Gasteiger partial charge in [-0.05, 0) is 6.92 Å². The molecule has 0 saturated carbocycles. The van der Waals surface area contributed by atoms with Crippen molar-refractivity contribution in [1.29, 1.82) is 0 Å². The molecule has 3 atom stereocenters. The number of ether oxygens (including phenoxy) is 1. The van der Waals surface area contributed by atoms with Gasteiger partial charge in [-0.2, -0.15) is 0 Å². The quantitative estimate of drug-likeness (QED) is 0.626. The minimum absolute atomic E-state index is 0.162. The first-order valence-electron chi connectivity index (χ1n) is 4.75. The molecule has 0 N–H and O–H groups in total. The van der Waals surface area contributed by atoms with Gasteiger partial charge in [0, 0.05) is 7.11 Å². The first-order chi connectivity index (χ1) is 6.20. The van der Waals surface area contributed by atoms with Gasteiger partial charge in [0.25, 0.3) is 0 Å². The smallest absolute Gasteiger partial charge is 0.167 e. The van der Waals surface area contributed by atoms with Crippen molar-refractivity contribution < 1.29 is 17.6 Å². The van der Waals surface area contributed by atoms with Crippen molar-refractivity contribution >= 4 is 9.84 Å². The summed E-state index contributed by atoms with van der Waals surface area (Å²) in [6.07, 6.45) is -0.212. The van der Waals surface area contributed by atoms with Gasteiger partial charge in [-0.3, -0.25) is 0 Å². The monoisotopic (exact) mass is 222 g/mol. The highest BCUT2D eigenvalue weighted by Gasteiger charge is 2.55. The van der Waals surface area contributed by atoms with Crippen LogP contribution < -0.4 is 0 Å². The largest absolute Gasteiger partial charge is 0.380 e. The summed E-state index contributed by atoms with van der Waals surface area (Å²) in [7, 11) is 4.72. The van der Waals surface area contributed by atoms with Gasteiger partial charge in [0.05, 0.1) is 27.2 Å². The van der Waals surface area contributed by atoms with Gasteiger partial charge in [0.2, 0.25) is 0 Å². The Kier molecular flexibility index (Phi) is 2.96. The summed E-state index contributed by atoms with van der Waals surface area (Å²) in [6, 6.07) is 0.162. The number of hydrogen-bond donors (Lipinski definition) is 0. The van der Waals surface area contributed by atoms with Gasteiger partial charge in [-0.15, -0.1) is 0 Å². The molecule has 0 bridgehead atoms. The third kappa shape index (κ3) is 1.94. The number of hydrogen-bond acceptors (Lipinski definition) is 3. The summed E-state index contributed by atoms with van der Waals surface area (Å²) in [5.74, 6) is 0.287. The molecule has 1 heterocycles. The average molecular weight is 222 g/mol. The molecule has 0 radical (unpaired) electrons. The molecular weight excluding hydrogens is 202 g/mol. The number of rotatable bonds is 3. The van der Waals surface area contributed by atoms with Crippen LogP contribution in [0.15, 0.2) is 0 Å². The van der Waals surface area contributed by atoms with E-state index in [9.17, 15) is 8.42 Å². The van der Waals surface area contributed by atoms with Crippen molar-refractivity contribution in [2.24, 2.45) is 0 Å². The van der Waals surface area contributed by atoms with Crippen LogP contribution in [-0.2, 0) is 14.6 Å². The van der Waals surface area contributed by atoms with E-state index >= 15 is 0 Å². The molecule has 4 nitrogen and oxygen atoms in total. The zero-order chi connectivity index (χ0) is 11.1. The molecule has 0 spiro atoms. The molecule has 14 heavy (non-hydrogen) atoms. The van der Waals surface area contributed by atoms with Gasteiger partial charge < -0.3 is 9.22 Å². The first-order valence-corrected chi connectivity index (χ1v) is 6.47. The van der Waals surface area contributed by atoms with Crippen LogP contribution in [0.25, 0.3) is 0 Å².